The van der Waals surface area contributed by atoms with E-state index in [0.29, 0.717) is 28.3 Å². The molecule has 0 aliphatic carbocycles. The summed E-state index contributed by atoms with van der Waals surface area (Å²) in [6, 6.07) is 11.1. The maximum Gasteiger partial charge on any atom is 0.255 e. The smallest absolute Gasteiger partial charge is 0.255 e. The first-order valence-corrected chi connectivity index (χ1v) is 8.25. The van der Waals surface area contributed by atoms with Crippen LogP contribution >= 0.6 is 15.9 Å². The first kappa shape index (κ1) is 17.5. The third kappa shape index (κ3) is 5.06. The summed E-state index contributed by atoms with van der Waals surface area (Å²) >= 11 is 3.40. The van der Waals surface area contributed by atoms with Crippen molar-refractivity contribution in [3.8, 4) is 5.75 Å². The molecule has 1 N–H and O–H groups in total. The highest BCUT2D eigenvalue weighted by molar-refractivity contribution is 9.10. The van der Waals surface area contributed by atoms with Gasteiger partial charge in [-0.05, 0) is 58.6 Å². The van der Waals surface area contributed by atoms with Crippen LogP contribution in [0.15, 0.2) is 46.9 Å². The van der Waals surface area contributed by atoms with Gasteiger partial charge in [0.1, 0.15) is 11.6 Å². The van der Waals surface area contributed by atoms with E-state index in [1.807, 2.05) is 0 Å². The number of hydrogen-bond acceptors (Lipinski definition) is 2. The zero-order valence-electron chi connectivity index (χ0n) is 13.1. The predicted molar refractivity (Wildman–Crippen MR) is 93.4 cm³/mol. The number of rotatable bonds is 6. The van der Waals surface area contributed by atoms with Crippen molar-refractivity contribution in [2.45, 2.75) is 20.3 Å². The summed E-state index contributed by atoms with van der Waals surface area (Å²) in [5.74, 6) is 0.422. The van der Waals surface area contributed by atoms with Gasteiger partial charge in [-0.15, -0.1) is 0 Å². The minimum Gasteiger partial charge on any atom is -0.492 e. The fourth-order valence-corrected chi connectivity index (χ4v) is 2.41. The Bertz CT molecular complexity index is 688. The Morgan fingerprint density at radius 1 is 1.26 bits per heavy atom. The molecule has 0 saturated heterocycles. The molecule has 0 aliphatic heterocycles. The molecule has 3 nitrogen and oxygen atoms in total. The summed E-state index contributed by atoms with van der Waals surface area (Å²) in [6.07, 6.45) is 0.960. The number of anilines is 1. The number of nitrogens with one attached hydrogen (secondary N) is 1. The Kier molecular flexibility index (Phi) is 6.16. The van der Waals surface area contributed by atoms with E-state index < -0.39 is 5.82 Å². The molecule has 0 saturated carbocycles. The third-order valence-corrected chi connectivity index (χ3v) is 3.89. The first-order valence-electron chi connectivity index (χ1n) is 7.45. The number of amides is 1. The molecule has 0 radical (unpaired) electrons. The molecule has 0 unspecified atom stereocenters. The number of hydrogen-bond donors (Lipinski definition) is 1. The van der Waals surface area contributed by atoms with Crippen LogP contribution in [-0.2, 0) is 0 Å². The second-order valence-electron chi connectivity index (χ2n) is 5.61. The van der Waals surface area contributed by atoms with Crippen LogP contribution in [0.2, 0.25) is 0 Å². The number of carbonyl (C=O) groups is 1. The van der Waals surface area contributed by atoms with Crippen molar-refractivity contribution in [3.05, 3.63) is 58.3 Å². The van der Waals surface area contributed by atoms with Crippen LogP contribution in [0, 0.1) is 11.7 Å². The molecular weight excluding hydrogens is 361 g/mol. The van der Waals surface area contributed by atoms with Crippen molar-refractivity contribution in [3.63, 3.8) is 0 Å². The zero-order chi connectivity index (χ0) is 16.8. The molecule has 0 fully saturated rings. The van der Waals surface area contributed by atoms with Crippen molar-refractivity contribution < 1.29 is 13.9 Å². The van der Waals surface area contributed by atoms with Crippen LogP contribution in [0.25, 0.3) is 0 Å². The molecule has 0 spiro atoms. The van der Waals surface area contributed by atoms with E-state index in [1.54, 1.807) is 30.3 Å². The van der Waals surface area contributed by atoms with Gasteiger partial charge < -0.3 is 10.1 Å². The summed E-state index contributed by atoms with van der Waals surface area (Å²) in [5.41, 5.74) is 0.585. The molecule has 122 valence electrons. The molecule has 0 bridgehead atoms. The second-order valence-corrected chi connectivity index (χ2v) is 6.46. The molecule has 2 rings (SSSR count). The van der Waals surface area contributed by atoms with E-state index in [-0.39, 0.29) is 11.6 Å². The second kappa shape index (κ2) is 8.11. The fraction of sp³-hybridized carbons (Fsp3) is 0.278. The van der Waals surface area contributed by atoms with E-state index >= 15 is 0 Å². The van der Waals surface area contributed by atoms with E-state index in [0.717, 1.165) is 6.42 Å². The molecule has 2 aromatic carbocycles. The minimum atomic E-state index is -0.464. The summed E-state index contributed by atoms with van der Waals surface area (Å²) in [7, 11) is 0. The van der Waals surface area contributed by atoms with E-state index in [1.165, 1.54) is 12.1 Å². The normalized spacial score (nSPS) is 10.7. The van der Waals surface area contributed by atoms with Gasteiger partial charge in [0.2, 0.25) is 0 Å². The molecule has 0 atom stereocenters. The highest BCUT2D eigenvalue weighted by atomic mass is 79.9. The third-order valence-electron chi connectivity index (χ3n) is 3.27. The Hall–Kier alpha value is -1.88. The molecule has 0 aliphatic rings. The van der Waals surface area contributed by atoms with Gasteiger partial charge in [-0.3, -0.25) is 4.79 Å². The number of para-hydroxylation sites is 1. The van der Waals surface area contributed by atoms with E-state index in [2.05, 4.69) is 35.1 Å². The molecule has 23 heavy (non-hydrogen) atoms. The Morgan fingerprint density at radius 3 is 2.65 bits per heavy atom. The van der Waals surface area contributed by atoms with Crippen molar-refractivity contribution >= 4 is 27.5 Å². The van der Waals surface area contributed by atoms with Crippen molar-refractivity contribution in [1.29, 1.82) is 0 Å². The minimum absolute atomic E-state index is 0.158. The van der Waals surface area contributed by atoms with Crippen LogP contribution in [0.1, 0.15) is 30.6 Å². The Labute approximate surface area is 144 Å². The van der Waals surface area contributed by atoms with Crippen LogP contribution in [0.3, 0.4) is 0 Å². The van der Waals surface area contributed by atoms with Gasteiger partial charge in [0.25, 0.3) is 5.91 Å². The first-order chi connectivity index (χ1) is 11.0. The highest BCUT2D eigenvalue weighted by Crippen LogP contribution is 2.27. The number of halogens is 2. The van der Waals surface area contributed by atoms with Crippen molar-refractivity contribution in [2.75, 3.05) is 11.9 Å². The highest BCUT2D eigenvalue weighted by Gasteiger charge is 2.11. The van der Waals surface area contributed by atoms with E-state index in [4.69, 9.17) is 4.74 Å². The average molecular weight is 380 g/mol. The van der Waals surface area contributed by atoms with Crippen LogP contribution in [0.4, 0.5) is 10.1 Å². The quantitative estimate of drug-likeness (QED) is 0.742. The lowest BCUT2D eigenvalue weighted by molar-refractivity contribution is 0.102. The molecule has 1 amide bonds. The fourth-order valence-electron chi connectivity index (χ4n) is 1.92. The summed E-state index contributed by atoms with van der Waals surface area (Å²) in [5, 5.41) is 2.56. The van der Waals surface area contributed by atoms with Gasteiger partial charge in [0, 0.05) is 5.56 Å². The largest absolute Gasteiger partial charge is 0.492 e. The molecule has 0 heterocycles. The molecule has 0 aromatic heterocycles. The van der Waals surface area contributed by atoms with Crippen molar-refractivity contribution in [1.82, 2.24) is 0 Å². The maximum absolute atomic E-state index is 13.6. The van der Waals surface area contributed by atoms with Gasteiger partial charge in [-0.1, -0.05) is 26.0 Å². The van der Waals surface area contributed by atoms with Gasteiger partial charge in [-0.25, -0.2) is 4.39 Å². The number of carbonyl (C=O) groups excluding carboxylic acids is 1. The SMILES string of the molecule is CC(C)CCOc1ccc(C(=O)Nc2ccccc2F)cc1Br. The number of ether oxygens (including phenoxy) is 1. The predicted octanol–water partition coefficient (Wildman–Crippen LogP) is 5.27. The Balaban J connectivity index is 2.04. The van der Waals surface area contributed by atoms with Gasteiger partial charge in [0.05, 0.1) is 16.8 Å². The lowest BCUT2D eigenvalue weighted by atomic mass is 10.1. The van der Waals surface area contributed by atoms with Gasteiger partial charge in [0.15, 0.2) is 0 Å². The Morgan fingerprint density at radius 2 is 2.00 bits per heavy atom. The molecular formula is C18H19BrFNO2. The summed E-state index contributed by atoms with van der Waals surface area (Å²) in [4.78, 5) is 12.2. The van der Waals surface area contributed by atoms with Gasteiger partial charge in [-0.2, -0.15) is 0 Å². The lowest BCUT2D eigenvalue weighted by Gasteiger charge is -2.11. The van der Waals surface area contributed by atoms with Gasteiger partial charge >= 0.3 is 0 Å². The topological polar surface area (TPSA) is 38.3 Å². The van der Waals surface area contributed by atoms with E-state index in [9.17, 15) is 9.18 Å². The van der Waals surface area contributed by atoms with Crippen molar-refractivity contribution in [2.24, 2.45) is 5.92 Å². The number of benzene rings is 2. The monoisotopic (exact) mass is 379 g/mol. The van der Waals surface area contributed by atoms with Crippen LogP contribution in [-0.4, -0.2) is 12.5 Å². The summed E-state index contributed by atoms with van der Waals surface area (Å²) in [6.45, 7) is 4.89. The lowest BCUT2D eigenvalue weighted by Crippen LogP contribution is -2.13. The standard InChI is InChI=1S/C18H19BrFNO2/c1-12(2)9-10-23-17-8-7-13(11-14(17)19)18(22)21-16-6-4-3-5-15(16)20/h3-8,11-12H,9-10H2,1-2H3,(H,21,22). The summed E-state index contributed by atoms with van der Waals surface area (Å²) < 4.78 is 19.9. The van der Waals surface area contributed by atoms with Crippen LogP contribution < -0.4 is 10.1 Å². The molecule has 2 aromatic rings. The average Bonchev–Trinajstić information content (AvgIpc) is 2.50. The van der Waals surface area contributed by atoms with Crippen LogP contribution in [0.5, 0.6) is 5.75 Å². The zero-order valence-corrected chi connectivity index (χ0v) is 14.7. The molecule has 5 heteroatoms. The maximum atomic E-state index is 13.6.